The normalized spacial score (nSPS) is 29.9. The van der Waals surface area contributed by atoms with Crippen molar-refractivity contribution in [3.63, 3.8) is 0 Å². The van der Waals surface area contributed by atoms with Gasteiger partial charge in [-0.2, -0.15) is 0 Å². The molecular weight excluding hydrogens is 709 g/mol. The predicted molar refractivity (Wildman–Crippen MR) is 203 cm³/mol. The highest BCUT2D eigenvalue weighted by atomic mass is 32.2. The summed E-state index contributed by atoms with van der Waals surface area (Å²) in [5, 5.41) is 3.96. The fourth-order valence-corrected chi connectivity index (χ4v) is 9.76. The van der Waals surface area contributed by atoms with E-state index in [0.29, 0.717) is 18.7 Å². The Kier molecular flexibility index (Phi) is 10.6. The number of benzene rings is 1. The second-order valence-electron chi connectivity index (χ2n) is 16.7. The molecule has 5 aliphatic rings. The maximum absolute atomic E-state index is 14.9. The highest BCUT2D eigenvalue weighted by molar-refractivity contribution is 7.91. The Balaban J connectivity index is 1.22. The molecule has 5 atom stereocenters. The first-order valence-electron chi connectivity index (χ1n) is 19.5. The quantitative estimate of drug-likeness (QED) is 0.285. The van der Waals surface area contributed by atoms with E-state index in [1.807, 2.05) is 30.3 Å². The highest BCUT2D eigenvalue weighted by Gasteiger charge is 2.62. The average Bonchev–Trinajstić information content (AvgIpc) is 4.08. The SMILES string of the molecule is C=C[C@H]1C[C@]1(NC(=O)[C@@H]1C[C@@H]2CN1C(=O)[C@H](C1CCCCC1)CC(=O)OCC(C)(C)CC/C=C/c1ccc3ccnc(c3c1)O2)C(=O)NS(=O)(=O)C1CC1. The van der Waals surface area contributed by atoms with Crippen molar-refractivity contribution in [1.29, 1.82) is 0 Å². The number of rotatable bonds is 7. The monoisotopic (exact) mass is 760 g/mol. The van der Waals surface area contributed by atoms with Crippen LogP contribution in [0.25, 0.3) is 16.8 Å². The molecule has 2 aromatic rings. The van der Waals surface area contributed by atoms with E-state index in [9.17, 15) is 27.6 Å². The van der Waals surface area contributed by atoms with Crippen molar-refractivity contribution in [1.82, 2.24) is 19.9 Å². The lowest BCUT2D eigenvalue weighted by Crippen LogP contribution is -2.57. The van der Waals surface area contributed by atoms with E-state index in [0.717, 1.165) is 61.3 Å². The summed E-state index contributed by atoms with van der Waals surface area (Å²) in [6.45, 7) is 8.20. The van der Waals surface area contributed by atoms with Crippen molar-refractivity contribution >= 4 is 50.6 Å². The third-order valence-corrected chi connectivity index (χ3v) is 13.8. The lowest BCUT2D eigenvalue weighted by atomic mass is 9.77. The molecule has 290 valence electrons. The zero-order valence-electron chi connectivity index (χ0n) is 31.3. The Labute approximate surface area is 317 Å². The number of esters is 1. The van der Waals surface area contributed by atoms with Gasteiger partial charge in [0.15, 0.2) is 0 Å². The molecule has 1 aromatic carbocycles. The van der Waals surface area contributed by atoms with Gasteiger partial charge in [-0.05, 0) is 79.4 Å². The van der Waals surface area contributed by atoms with Gasteiger partial charge < -0.3 is 19.7 Å². The molecule has 2 N–H and O–H groups in total. The summed E-state index contributed by atoms with van der Waals surface area (Å²) in [5.74, 6) is -3.05. The first kappa shape index (κ1) is 38.0. The summed E-state index contributed by atoms with van der Waals surface area (Å²) in [6.07, 6.45) is 13.9. The van der Waals surface area contributed by atoms with Gasteiger partial charge in [-0.3, -0.25) is 23.9 Å². The van der Waals surface area contributed by atoms with Crippen LogP contribution in [0.15, 0.2) is 49.2 Å². The zero-order chi connectivity index (χ0) is 38.3. The lowest BCUT2D eigenvalue weighted by Gasteiger charge is -2.34. The van der Waals surface area contributed by atoms with Gasteiger partial charge >= 0.3 is 5.97 Å². The van der Waals surface area contributed by atoms with Crippen LogP contribution in [-0.4, -0.2) is 78.1 Å². The third-order valence-electron chi connectivity index (χ3n) is 12.0. The summed E-state index contributed by atoms with van der Waals surface area (Å²) in [4.78, 5) is 62.4. The molecule has 54 heavy (non-hydrogen) atoms. The van der Waals surface area contributed by atoms with Crippen LogP contribution in [0.1, 0.15) is 96.5 Å². The molecule has 1 saturated heterocycles. The minimum Gasteiger partial charge on any atom is -0.472 e. The van der Waals surface area contributed by atoms with Gasteiger partial charge in [0.2, 0.25) is 27.7 Å². The fourth-order valence-electron chi connectivity index (χ4n) is 8.39. The average molecular weight is 761 g/mol. The van der Waals surface area contributed by atoms with Crippen LogP contribution in [-0.2, 0) is 33.9 Å². The van der Waals surface area contributed by atoms with E-state index in [2.05, 4.69) is 41.5 Å². The maximum Gasteiger partial charge on any atom is 0.306 e. The number of carbonyl (C=O) groups is 4. The lowest BCUT2D eigenvalue weighted by molar-refractivity contribution is -0.154. The van der Waals surface area contributed by atoms with Gasteiger partial charge in [0.05, 0.1) is 30.7 Å². The number of hydrogen-bond acceptors (Lipinski definition) is 9. The molecule has 0 radical (unpaired) electrons. The molecule has 3 saturated carbocycles. The number of hydrogen-bond donors (Lipinski definition) is 2. The van der Waals surface area contributed by atoms with Gasteiger partial charge in [0.1, 0.15) is 17.7 Å². The van der Waals surface area contributed by atoms with E-state index in [1.165, 1.54) is 11.0 Å². The van der Waals surface area contributed by atoms with Gasteiger partial charge in [-0.15, -0.1) is 6.58 Å². The molecule has 0 spiro atoms. The first-order chi connectivity index (χ1) is 25.8. The number of pyridine rings is 1. The third kappa shape index (κ3) is 8.21. The van der Waals surface area contributed by atoms with Crippen LogP contribution in [0.2, 0.25) is 0 Å². The van der Waals surface area contributed by atoms with Crippen molar-refractivity contribution < 1.29 is 37.1 Å². The number of ether oxygens (including phenoxy) is 2. The summed E-state index contributed by atoms with van der Waals surface area (Å²) in [7, 11) is -3.88. The highest BCUT2D eigenvalue weighted by Crippen LogP contribution is 2.46. The van der Waals surface area contributed by atoms with Crippen LogP contribution >= 0.6 is 0 Å². The van der Waals surface area contributed by atoms with Crippen molar-refractivity contribution in [3.05, 3.63) is 54.8 Å². The van der Waals surface area contributed by atoms with E-state index in [1.54, 1.807) is 6.20 Å². The number of carbonyl (C=O) groups excluding carboxylic acids is 4. The Morgan fingerprint density at radius 1 is 1.07 bits per heavy atom. The molecule has 3 aliphatic carbocycles. The summed E-state index contributed by atoms with van der Waals surface area (Å²) in [5.41, 5.74) is -0.842. The molecule has 13 heteroatoms. The van der Waals surface area contributed by atoms with Gasteiger partial charge in [-0.1, -0.05) is 63.5 Å². The number of amides is 3. The van der Waals surface area contributed by atoms with Gasteiger partial charge in [0.25, 0.3) is 5.91 Å². The van der Waals surface area contributed by atoms with Gasteiger partial charge in [0, 0.05) is 23.9 Å². The van der Waals surface area contributed by atoms with E-state index < -0.39 is 62.6 Å². The molecule has 3 heterocycles. The van der Waals surface area contributed by atoms with Crippen molar-refractivity contribution in [2.45, 2.75) is 114 Å². The predicted octanol–water partition coefficient (Wildman–Crippen LogP) is 5.22. The fraction of sp³-hybridized carbons (Fsp3) is 0.585. The second kappa shape index (κ2) is 15.1. The van der Waals surface area contributed by atoms with E-state index in [-0.39, 0.29) is 49.7 Å². The van der Waals surface area contributed by atoms with Gasteiger partial charge in [-0.25, -0.2) is 13.4 Å². The largest absolute Gasteiger partial charge is 0.472 e. The van der Waals surface area contributed by atoms with E-state index >= 15 is 0 Å². The minimum absolute atomic E-state index is 0.0556. The van der Waals surface area contributed by atoms with Crippen molar-refractivity contribution in [3.8, 4) is 5.88 Å². The second-order valence-corrected chi connectivity index (χ2v) is 18.7. The molecule has 4 bridgehead atoms. The summed E-state index contributed by atoms with van der Waals surface area (Å²) in [6, 6.07) is 6.88. The zero-order valence-corrected chi connectivity index (χ0v) is 32.1. The molecule has 7 rings (SSSR count). The Bertz CT molecular complexity index is 1950. The Morgan fingerprint density at radius 3 is 2.57 bits per heavy atom. The number of sulfonamides is 1. The molecule has 12 nitrogen and oxygen atoms in total. The van der Waals surface area contributed by atoms with Crippen LogP contribution in [0.4, 0.5) is 0 Å². The number of nitrogens with zero attached hydrogens (tertiary/aromatic N) is 2. The summed E-state index contributed by atoms with van der Waals surface area (Å²) >= 11 is 0. The molecular formula is C41H52N4O8S. The molecule has 3 amide bonds. The topological polar surface area (TPSA) is 161 Å². The Hall–Kier alpha value is -4.26. The van der Waals surface area contributed by atoms with Crippen molar-refractivity contribution in [2.75, 3.05) is 13.2 Å². The number of cyclic esters (lactones) is 1. The molecule has 0 unspecified atom stereocenters. The Morgan fingerprint density at radius 2 is 1.85 bits per heavy atom. The van der Waals surface area contributed by atoms with E-state index in [4.69, 9.17) is 9.47 Å². The van der Waals surface area contributed by atoms with Crippen LogP contribution in [0.3, 0.4) is 0 Å². The molecule has 1 aromatic heterocycles. The standard InChI is InChI=1S/C41H52N4O8S/c1-4-29-23-41(29,39(49)44-54(50,51)31-15-16-31)43-36(47)34-21-30-24-45(34)38(48)33(27-11-6-5-7-12-27)22-35(46)52-25-40(2,3)18-9-8-10-26-13-14-28-17-19-42-37(53-30)32(28)20-26/h4,8,10,13-14,17,19-20,27,29-31,33-34H,1,5-7,9,11-12,15-16,18,21-25H2,2-3H3,(H,43,47)(H,44,49)/b10-8+/t29-,30+,33-,34-,41+/m0/s1. The minimum atomic E-state index is -3.88. The number of fused-ring (bicyclic) bond motifs is 3. The van der Waals surface area contributed by atoms with Crippen LogP contribution in [0.5, 0.6) is 5.88 Å². The molecule has 4 fully saturated rings. The van der Waals surface area contributed by atoms with Crippen LogP contribution < -0.4 is 14.8 Å². The van der Waals surface area contributed by atoms with Crippen molar-refractivity contribution in [2.24, 2.45) is 23.2 Å². The number of aromatic nitrogens is 1. The number of nitrogens with one attached hydrogen (secondary N) is 2. The first-order valence-corrected chi connectivity index (χ1v) is 21.0. The smallest absolute Gasteiger partial charge is 0.306 e. The number of allylic oxidation sites excluding steroid dienone is 1. The maximum atomic E-state index is 14.9. The molecule has 2 aliphatic heterocycles. The van der Waals surface area contributed by atoms with Crippen LogP contribution in [0, 0.1) is 23.2 Å². The summed E-state index contributed by atoms with van der Waals surface area (Å²) < 4.78 is 40.1.